The van der Waals surface area contributed by atoms with E-state index in [4.69, 9.17) is 5.73 Å². The van der Waals surface area contributed by atoms with Crippen molar-refractivity contribution in [3.8, 4) is 0 Å². The molecule has 1 fully saturated rings. The van der Waals surface area contributed by atoms with Crippen LogP contribution in [0.2, 0.25) is 0 Å². The number of carbonyl (C=O) groups is 2. The van der Waals surface area contributed by atoms with Gasteiger partial charge in [0.15, 0.2) is 0 Å². The molecule has 1 atom stereocenters. The SMILES string of the molecule is CC(C)n1cc(Br)cc1C(=O)N1CCCCC1CNC(=O)CCN.Cl. The van der Waals surface area contributed by atoms with E-state index in [1.165, 1.54) is 0 Å². The third-order valence-electron chi connectivity index (χ3n) is 4.38. The van der Waals surface area contributed by atoms with Crippen molar-refractivity contribution in [2.45, 2.75) is 51.6 Å². The summed E-state index contributed by atoms with van der Waals surface area (Å²) in [7, 11) is 0. The minimum atomic E-state index is -0.0521. The molecule has 2 amide bonds. The lowest BCUT2D eigenvalue weighted by atomic mass is 10.0. The maximum atomic E-state index is 13.1. The number of nitrogens with two attached hydrogens (primary N) is 1. The Hall–Kier alpha value is -1.05. The van der Waals surface area contributed by atoms with E-state index in [-0.39, 0.29) is 36.3 Å². The lowest BCUT2D eigenvalue weighted by Crippen LogP contribution is -2.50. The fourth-order valence-electron chi connectivity index (χ4n) is 3.12. The summed E-state index contributed by atoms with van der Waals surface area (Å²) in [6, 6.07) is 2.13. The molecule has 2 heterocycles. The van der Waals surface area contributed by atoms with Crippen molar-refractivity contribution in [3.63, 3.8) is 0 Å². The molecule has 0 bridgehead atoms. The molecule has 1 aromatic heterocycles. The second-order valence-corrected chi connectivity index (χ2v) is 7.45. The van der Waals surface area contributed by atoms with Crippen LogP contribution in [0, 0.1) is 0 Å². The van der Waals surface area contributed by atoms with E-state index >= 15 is 0 Å². The molecule has 1 unspecified atom stereocenters. The predicted octanol–water partition coefficient (Wildman–Crippen LogP) is 2.71. The summed E-state index contributed by atoms with van der Waals surface area (Å²) in [6.07, 6.45) is 5.26. The van der Waals surface area contributed by atoms with Crippen molar-refractivity contribution in [1.29, 1.82) is 0 Å². The highest BCUT2D eigenvalue weighted by atomic mass is 79.9. The van der Waals surface area contributed by atoms with E-state index in [1.54, 1.807) is 0 Å². The normalized spacial score (nSPS) is 17.3. The second kappa shape index (κ2) is 10.2. The average molecular weight is 436 g/mol. The Kier molecular flexibility index (Phi) is 8.96. The summed E-state index contributed by atoms with van der Waals surface area (Å²) < 4.78 is 2.90. The lowest BCUT2D eigenvalue weighted by molar-refractivity contribution is -0.121. The molecule has 0 radical (unpaired) electrons. The molecule has 8 heteroatoms. The van der Waals surface area contributed by atoms with Gasteiger partial charge < -0.3 is 20.5 Å². The predicted molar refractivity (Wildman–Crippen MR) is 105 cm³/mol. The standard InChI is InChI=1S/C17H27BrN4O2.ClH/c1-12(2)22-11-13(18)9-15(22)17(24)21-8-4-3-5-14(21)10-20-16(23)6-7-19;/h9,11-12,14H,3-8,10,19H2,1-2H3,(H,20,23);1H. The van der Waals surface area contributed by atoms with Crippen molar-refractivity contribution in [1.82, 2.24) is 14.8 Å². The summed E-state index contributed by atoms with van der Waals surface area (Å²) in [6.45, 7) is 5.69. The van der Waals surface area contributed by atoms with Crippen LogP contribution in [0.15, 0.2) is 16.7 Å². The molecule has 25 heavy (non-hydrogen) atoms. The molecular weight excluding hydrogens is 408 g/mol. The van der Waals surface area contributed by atoms with Crippen molar-refractivity contribution in [2.24, 2.45) is 5.73 Å². The third-order valence-corrected chi connectivity index (χ3v) is 4.82. The Morgan fingerprint density at radius 2 is 2.12 bits per heavy atom. The molecule has 1 saturated heterocycles. The molecule has 0 saturated carbocycles. The molecule has 1 aromatic rings. The van der Waals surface area contributed by atoms with Crippen LogP contribution in [0.3, 0.4) is 0 Å². The van der Waals surface area contributed by atoms with Crippen molar-refractivity contribution in [3.05, 3.63) is 22.4 Å². The van der Waals surface area contributed by atoms with Crippen LogP contribution in [0.25, 0.3) is 0 Å². The largest absolute Gasteiger partial charge is 0.354 e. The lowest BCUT2D eigenvalue weighted by Gasteiger charge is -2.36. The van der Waals surface area contributed by atoms with Crippen LogP contribution in [0.5, 0.6) is 0 Å². The maximum Gasteiger partial charge on any atom is 0.270 e. The van der Waals surface area contributed by atoms with Gasteiger partial charge in [-0.3, -0.25) is 9.59 Å². The quantitative estimate of drug-likeness (QED) is 0.721. The number of hydrogen-bond acceptors (Lipinski definition) is 3. The van der Waals surface area contributed by atoms with Gasteiger partial charge in [-0.25, -0.2) is 0 Å². The number of carbonyl (C=O) groups excluding carboxylic acids is 2. The maximum absolute atomic E-state index is 13.1. The number of hydrogen-bond donors (Lipinski definition) is 2. The van der Waals surface area contributed by atoms with Crippen LogP contribution in [0.4, 0.5) is 0 Å². The van der Waals surface area contributed by atoms with Crippen molar-refractivity contribution >= 4 is 40.2 Å². The zero-order chi connectivity index (χ0) is 17.7. The summed E-state index contributed by atoms with van der Waals surface area (Å²) in [4.78, 5) is 26.7. The first-order chi connectivity index (χ1) is 11.4. The first kappa shape index (κ1) is 22.0. The zero-order valence-corrected chi connectivity index (χ0v) is 17.2. The van der Waals surface area contributed by atoms with Crippen LogP contribution in [-0.2, 0) is 4.79 Å². The van der Waals surface area contributed by atoms with Gasteiger partial charge in [-0.05, 0) is 55.1 Å². The molecule has 3 N–H and O–H groups in total. The van der Waals surface area contributed by atoms with Gasteiger partial charge in [0.05, 0.1) is 0 Å². The van der Waals surface area contributed by atoms with Crippen molar-refractivity contribution < 1.29 is 9.59 Å². The summed E-state index contributed by atoms with van der Waals surface area (Å²) in [5, 5.41) is 2.90. The van der Waals surface area contributed by atoms with E-state index in [2.05, 4.69) is 35.1 Å². The highest BCUT2D eigenvalue weighted by Crippen LogP contribution is 2.24. The Morgan fingerprint density at radius 3 is 2.76 bits per heavy atom. The molecule has 1 aliphatic rings. The zero-order valence-electron chi connectivity index (χ0n) is 14.8. The fraction of sp³-hybridized carbons (Fsp3) is 0.647. The van der Waals surface area contributed by atoms with Gasteiger partial charge in [0, 0.05) is 48.8 Å². The average Bonchev–Trinajstić information content (AvgIpc) is 2.95. The second-order valence-electron chi connectivity index (χ2n) is 6.54. The van der Waals surface area contributed by atoms with E-state index in [0.29, 0.717) is 25.2 Å². The number of halogens is 2. The minimum absolute atomic E-state index is 0. The monoisotopic (exact) mass is 434 g/mol. The van der Waals surface area contributed by atoms with Gasteiger partial charge in [-0.1, -0.05) is 0 Å². The van der Waals surface area contributed by atoms with Gasteiger partial charge in [-0.15, -0.1) is 12.4 Å². The third kappa shape index (κ3) is 5.72. The van der Waals surface area contributed by atoms with Crippen LogP contribution < -0.4 is 11.1 Å². The minimum Gasteiger partial charge on any atom is -0.354 e. The van der Waals surface area contributed by atoms with Crippen molar-refractivity contribution in [2.75, 3.05) is 19.6 Å². The Morgan fingerprint density at radius 1 is 1.40 bits per heavy atom. The molecule has 0 spiro atoms. The first-order valence-electron chi connectivity index (χ1n) is 8.59. The smallest absolute Gasteiger partial charge is 0.270 e. The number of amides is 2. The highest BCUT2D eigenvalue weighted by Gasteiger charge is 2.29. The van der Waals surface area contributed by atoms with Crippen LogP contribution in [-0.4, -0.2) is 47.0 Å². The van der Waals surface area contributed by atoms with E-state index in [1.807, 2.05) is 21.7 Å². The number of rotatable bonds is 6. The molecule has 1 aliphatic heterocycles. The number of likely N-dealkylation sites (tertiary alicyclic amines) is 1. The van der Waals surface area contributed by atoms with E-state index in [9.17, 15) is 9.59 Å². The van der Waals surface area contributed by atoms with Gasteiger partial charge in [0.1, 0.15) is 5.69 Å². The molecular formula is C17H28BrClN4O2. The molecule has 0 aromatic carbocycles. The van der Waals surface area contributed by atoms with Gasteiger partial charge in [-0.2, -0.15) is 0 Å². The number of aromatic nitrogens is 1. The first-order valence-corrected chi connectivity index (χ1v) is 9.38. The van der Waals surface area contributed by atoms with E-state index in [0.717, 1.165) is 30.3 Å². The Balaban J connectivity index is 0.00000312. The molecule has 6 nitrogen and oxygen atoms in total. The Labute approximate surface area is 164 Å². The van der Waals surface area contributed by atoms with Gasteiger partial charge in [0.2, 0.25) is 5.91 Å². The number of nitrogens with zero attached hydrogens (tertiary/aromatic N) is 2. The highest BCUT2D eigenvalue weighted by molar-refractivity contribution is 9.10. The number of nitrogens with one attached hydrogen (secondary N) is 1. The number of piperidine rings is 1. The molecule has 142 valence electrons. The molecule has 2 rings (SSSR count). The Bertz CT molecular complexity index is 591. The summed E-state index contributed by atoms with van der Waals surface area (Å²) in [5.41, 5.74) is 6.10. The van der Waals surface area contributed by atoms with Gasteiger partial charge >= 0.3 is 0 Å². The summed E-state index contributed by atoms with van der Waals surface area (Å²) >= 11 is 3.47. The van der Waals surface area contributed by atoms with Crippen LogP contribution >= 0.6 is 28.3 Å². The van der Waals surface area contributed by atoms with Gasteiger partial charge in [0.25, 0.3) is 5.91 Å². The molecule has 0 aliphatic carbocycles. The summed E-state index contributed by atoms with van der Waals surface area (Å²) in [5.74, 6) is -0.0176. The fourth-order valence-corrected chi connectivity index (χ4v) is 3.56. The van der Waals surface area contributed by atoms with E-state index < -0.39 is 0 Å². The topological polar surface area (TPSA) is 80.4 Å². The van der Waals surface area contributed by atoms with Crippen LogP contribution in [0.1, 0.15) is 56.1 Å².